The van der Waals surface area contributed by atoms with Gasteiger partial charge in [-0.3, -0.25) is 14.4 Å². The Morgan fingerprint density at radius 3 is 0.714 bits per heavy atom. The second-order valence-corrected chi connectivity index (χ2v) is 23.8. The number of carbonyl (C=O) groups is 3. The zero-order valence-corrected chi connectivity index (χ0v) is 52.3. The zero-order valence-electron chi connectivity index (χ0n) is 52.3. The van der Waals surface area contributed by atoms with Crippen molar-refractivity contribution in [3.63, 3.8) is 0 Å². The first-order chi connectivity index (χ1) is 38.0. The number of hydrogen-bond donors (Lipinski definition) is 0. The van der Waals surface area contributed by atoms with E-state index in [0.717, 1.165) is 64.2 Å². The van der Waals surface area contributed by atoms with Crippen molar-refractivity contribution in [3.8, 4) is 0 Å². The van der Waals surface area contributed by atoms with Crippen molar-refractivity contribution in [1.29, 1.82) is 0 Å². The van der Waals surface area contributed by atoms with E-state index in [-0.39, 0.29) is 31.1 Å². The number of unbranched alkanes of at least 4 members (excludes halogenated alkanes) is 50. The molecule has 0 rings (SSSR count). The summed E-state index contributed by atoms with van der Waals surface area (Å²) in [6, 6.07) is 0. The van der Waals surface area contributed by atoms with E-state index >= 15 is 0 Å². The van der Waals surface area contributed by atoms with E-state index in [1.54, 1.807) is 0 Å². The molecule has 0 aliphatic carbocycles. The molecule has 0 N–H and O–H groups in total. The standard InChI is InChI=1S/C71H134O6/c1-4-7-10-13-16-19-22-25-28-29-30-31-32-33-34-35-36-37-38-39-40-41-42-43-44-47-49-52-55-58-61-64-70(73)76-67-68(77-71(74)65-62-59-56-53-50-46-27-24-21-18-15-12-9-6-3)66-75-69(72)63-60-57-54-51-48-45-26-23-20-17-14-11-8-5-2/h22,25,29-30,68H,4-21,23-24,26-28,31-67H2,1-3H3/b25-22-,30-29-. The summed E-state index contributed by atoms with van der Waals surface area (Å²) < 4.78 is 17.0. The Morgan fingerprint density at radius 1 is 0.260 bits per heavy atom. The van der Waals surface area contributed by atoms with E-state index in [1.807, 2.05) is 0 Å². The van der Waals surface area contributed by atoms with Gasteiger partial charge in [-0.1, -0.05) is 347 Å². The van der Waals surface area contributed by atoms with Gasteiger partial charge in [0.25, 0.3) is 0 Å². The van der Waals surface area contributed by atoms with Gasteiger partial charge in [-0.25, -0.2) is 0 Å². The predicted molar refractivity (Wildman–Crippen MR) is 335 cm³/mol. The van der Waals surface area contributed by atoms with Crippen molar-refractivity contribution in [2.24, 2.45) is 0 Å². The average Bonchev–Trinajstić information content (AvgIpc) is 3.43. The summed E-state index contributed by atoms with van der Waals surface area (Å²) in [6.07, 6.45) is 80.7. The van der Waals surface area contributed by atoms with Gasteiger partial charge in [0.2, 0.25) is 0 Å². The molecule has 6 nitrogen and oxygen atoms in total. The molecule has 0 saturated carbocycles. The molecule has 0 radical (unpaired) electrons. The molecule has 0 aromatic heterocycles. The van der Waals surface area contributed by atoms with Gasteiger partial charge in [0.05, 0.1) is 0 Å². The van der Waals surface area contributed by atoms with Gasteiger partial charge in [-0.15, -0.1) is 0 Å². The molecule has 1 atom stereocenters. The maximum Gasteiger partial charge on any atom is 0.306 e. The van der Waals surface area contributed by atoms with Gasteiger partial charge in [-0.2, -0.15) is 0 Å². The molecular weight excluding hydrogens is 949 g/mol. The van der Waals surface area contributed by atoms with Gasteiger partial charge < -0.3 is 14.2 Å². The zero-order chi connectivity index (χ0) is 55.7. The highest BCUT2D eigenvalue weighted by atomic mass is 16.6. The van der Waals surface area contributed by atoms with Crippen LogP contribution in [-0.4, -0.2) is 37.2 Å². The van der Waals surface area contributed by atoms with Crippen LogP contribution in [0.25, 0.3) is 0 Å². The molecule has 6 heteroatoms. The van der Waals surface area contributed by atoms with Crippen LogP contribution >= 0.6 is 0 Å². The Bertz CT molecular complexity index is 1240. The summed E-state index contributed by atoms with van der Waals surface area (Å²) in [7, 11) is 0. The Morgan fingerprint density at radius 2 is 0.468 bits per heavy atom. The lowest BCUT2D eigenvalue weighted by molar-refractivity contribution is -0.167. The molecule has 0 fully saturated rings. The molecular formula is C71H134O6. The van der Waals surface area contributed by atoms with E-state index in [4.69, 9.17) is 14.2 Å². The molecule has 77 heavy (non-hydrogen) atoms. The fourth-order valence-corrected chi connectivity index (χ4v) is 10.7. The molecule has 0 amide bonds. The third-order valence-electron chi connectivity index (χ3n) is 16.0. The van der Waals surface area contributed by atoms with Gasteiger partial charge >= 0.3 is 17.9 Å². The summed E-state index contributed by atoms with van der Waals surface area (Å²) in [5.41, 5.74) is 0. The van der Waals surface area contributed by atoms with Gasteiger partial charge in [-0.05, 0) is 51.4 Å². The third kappa shape index (κ3) is 64.6. The smallest absolute Gasteiger partial charge is 0.306 e. The summed E-state index contributed by atoms with van der Waals surface area (Å²) in [5.74, 6) is -0.831. The van der Waals surface area contributed by atoms with Crippen LogP contribution in [0.5, 0.6) is 0 Å². The van der Waals surface area contributed by atoms with E-state index in [1.165, 1.54) is 289 Å². The Balaban J connectivity index is 4.10. The minimum absolute atomic E-state index is 0.0631. The normalized spacial score (nSPS) is 12.1. The Labute approximate surface area is 481 Å². The molecule has 1 unspecified atom stereocenters. The van der Waals surface area contributed by atoms with Crippen LogP contribution in [-0.2, 0) is 28.6 Å². The molecule has 0 bridgehead atoms. The highest BCUT2D eigenvalue weighted by Gasteiger charge is 2.19. The predicted octanol–water partition coefficient (Wildman–Crippen LogP) is 23.8. The molecule has 0 saturated heterocycles. The highest BCUT2D eigenvalue weighted by Crippen LogP contribution is 2.19. The van der Waals surface area contributed by atoms with E-state index < -0.39 is 6.10 Å². The molecule has 0 aromatic carbocycles. The molecule has 0 heterocycles. The van der Waals surface area contributed by atoms with Crippen molar-refractivity contribution >= 4 is 17.9 Å². The number of carbonyl (C=O) groups excluding carboxylic acids is 3. The molecule has 454 valence electrons. The minimum atomic E-state index is -0.765. The first-order valence-corrected chi connectivity index (χ1v) is 34.8. The van der Waals surface area contributed by atoms with Crippen molar-refractivity contribution < 1.29 is 28.6 Å². The van der Waals surface area contributed by atoms with Gasteiger partial charge in [0.1, 0.15) is 13.2 Å². The third-order valence-corrected chi connectivity index (χ3v) is 16.0. The van der Waals surface area contributed by atoms with Crippen LogP contribution in [0.4, 0.5) is 0 Å². The van der Waals surface area contributed by atoms with Gasteiger partial charge in [0, 0.05) is 19.3 Å². The minimum Gasteiger partial charge on any atom is -0.462 e. The lowest BCUT2D eigenvalue weighted by atomic mass is 10.0. The van der Waals surface area contributed by atoms with Crippen LogP contribution < -0.4 is 0 Å². The van der Waals surface area contributed by atoms with Crippen LogP contribution in [0.15, 0.2) is 24.3 Å². The van der Waals surface area contributed by atoms with Crippen molar-refractivity contribution in [1.82, 2.24) is 0 Å². The van der Waals surface area contributed by atoms with Gasteiger partial charge in [0.15, 0.2) is 6.10 Å². The highest BCUT2D eigenvalue weighted by molar-refractivity contribution is 5.71. The first-order valence-electron chi connectivity index (χ1n) is 34.8. The quantitative estimate of drug-likeness (QED) is 0.0261. The number of esters is 3. The summed E-state index contributed by atoms with van der Waals surface area (Å²) in [4.78, 5) is 38.3. The maximum absolute atomic E-state index is 12.9. The van der Waals surface area contributed by atoms with Crippen molar-refractivity contribution in [3.05, 3.63) is 24.3 Å². The van der Waals surface area contributed by atoms with Crippen LogP contribution in [0, 0.1) is 0 Å². The number of hydrogen-bond acceptors (Lipinski definition) is 6. The second-order valence-electron chi connectivity index (χ2n) is 23.8. The number of allylic oxidation sites excluding steroid dienone is 4. The van der Waals surface area contributed by atoms with E-state index in [9.17, 15) is 14.4 Å². The lowest BCUT2D eigenvalue weighted by Gasteiger charge is -2.18. The Kier molecular flexibility index (Phi) is 64.6. The molecule has 0 aliphatic rings. The average molecular weight is 1080 g/mol. The summed E-state index contributed by atoms with van der Waals surface area (Å²) in [6.45, 7) is 6.70. The molecule has 0 aromatic rings. The Hall–Kier alpha value is -2.11. The second kappa shape index (κ2) is 66.4. The largest absolute Gasteiger partial charge is 0.462 e. The molecule has 0 spiro atoms. The van der Waals surface area contributed by atoms with E-state index in [0.29, 0.717) is 19.3 Å². The van der Waals surface area contributed by atoms with Crippen LogP contribution in [0.2, 0.25) is 0 Å². The maximum atomic E-state index is 12.9. The molecule has 0 aliphatic heterocycles. The topological polar surface area (TPSA) is 78.9 Å². The number of rotatable bonds is 65. The first kappa shape index (κ1) is 74.9. The number of ether oxygens (including phenoxy) is 3. The van der Waals surface area contributed by atoms with Crippen LogP contribution in [0.3, 0.4) is 0 Å². The fourth-order valence-electron chi connectivity index (χ4n) is 10.7. The summed E-state index contributed by atoms with van der Waals surface area (Å²) in [5, 5.41) is 0. The van der Waals surface area contributed by atoms with Crippen molar-refractivity contribution in [2.75, 3.05) is 13.2 Å². The SMILES string of the molecule is CCCCCCC/C=C\C/C=C\CCCCCCCCCCCCCCCCCCCCCC(=O)OCC(COC(=O)CCCCCCCCCCCCCCCC)OC(=O)CCCCCCCCCCCCCCCC. The lowest BCUT2D eigenvalue weighted by Crippen LogP contribution is -2.30. The monoisotopic (exact) mass is 1080 g/mol. The summed E-state index contributed by atoms with van der Waals surface area (Å²) >= 11 is 0. The van der Waals surface area contributed by atoms with Crippen LogP contribution in [0.1, 0.15) is 393 Å². The fraction of sp³-hybridized carbons (Fsp3) is 0.901. The van der Waals surface area contributed by atoms with E-state index in [2.05, 4.69) is 45.1 Å². The van der Waals surface area contributed by atoms with Crippen molar-refractivity contribution in [2.45, 2.75) is 399 Å².